The molecule has 3 aromatic heterocycles. The van der Waals surface area contributed by atoms with Gasteiger partial charge in [-0.15, -0.1) is 0 Å². The number of benzene rings is 8. The van der Waals surface area contributed by atoms with Crippen LogP contribution in [-0.4, -0.2) is 13.7 Å². The van der Waals surface area contributed by atoms with Crippen molar-refractivity contribution >= 4 is 65.4 Å². The van der Waals surface area contributed by atoms with Crippen molar-refractivity contribution in [3.63, 3.8) is 0 Å². The normalized spacial score (nSPS) is 11.5. The van der Waals surface area contributed by atoms with Crippen LogP contribution in [0.2, 0.25) is 0 Å². The number of hydrogen-bond donors (Lipinski definition) is 0. The first-order valence-corrected chi connectivity index (χ1v) is 18.7. The van der Waals surface area contributed by atoms with Gasteiger partial charge in [-0.05, 0) is 77.9 Å². The maximum atomic E-state index is 10.7. The largest absolute Gasteiger partial charge is 0.309 e. The molecule has 3 heterocycles. The lowest BCUT2D eigenvalue weighted by molar-refractivity contribution is 1.15. The predicted molar refractivity (Wildman–Crippen MR) is 229 cm³/mol. The summed E-state index contributed by atoms with van der Waals surface area (Å²) in [4.78, 5) is 0. The SMILES string of the molecule is N#Cc1cc(-n2c3ccccc3c3cc(C#N)c(-n4c5ccccc5c5ccccc54)cc32)ccc1-c1ccc(-n2c3ccccc3c3ccccc32)c(C#N)c1. The fourth-order valence-electron chi connectivity index (χ4n) is 8.92. The van der Waals surface area contributed by atoms with E-state index in [0.717, 1.165) is 93.6 Å². The molecule has 0 aliphatic carbocycles. The van der Waals surface area contributed by atoms with Crippen molar-refractivity contribution in [2.45, 2.75) is 0 Å². The third-order valence-corrected chi connectivity index (χ3v) is 11.4. The Morgan fingerprint density at radius 2 is 0.754 bits per heavy atom. The third-order valence-electron chi connectivity index (χ3n) is 11.4. The van der Waals surface area contributed by atoms with E-state index in [1.807, 2.05) is 103 Å². The highest BCUT2D eigenvalue weighted by Gasteiger charge is 2.21. The van der Waals surface area contributed by atoms with Gasteiger partial charge in [0.2, 0.25) is 0 Å². The van der Waals surface area contributed by atoms with E-state index >= 15 is 0 Å². The average Bonchev–Trinajstić information content (AvgIpc) is 3.91. The molecule has 0 aliphatic heterocycles. The highest BCUT2D eigenvalue weighted by atomic mass is 15.0. The van der Waals surface area contributed by atoms with Gasteiger partial charge in [-0.1, -0.05) is 103 Å². The van der Waals surface area contributed by atoms with Crippen LogP contribution in [0.25, 0.3) is 93.6 Å². The zero-order valence-corrected chi connectivity index (χ0v) is 30.3. The van der Waals surface area contributed by atoms with Crippen LogP contribution < -0.4 is 0 Å². The smallest absolute Gasteiger partial charge is 0.101 e. The molecule has 0 amide bonds. The van der Waals surface area contributed by atoms with Crippen LogP contribution >= 0.6 is 0 Å². The molecular formula is C51H28N6. The third kappa shape index (κ3) is 4.61. The summed E-state index contributed by atoms with van der Waals surface area (Å²) in [5.41, 5.74) is 11.5. The van der Waals surface area contributed by atoms with Crippen molar-refractivity contribution in [2.24, 2.45) is 0 Å². The zero-order valence-electron chi connectivity index (χ0n) is 30.3. The van der Waals surface area contributed by atoms with Gasteiger partial charge in [0.05, 0.1) is 67.2 Å². The molecule has 0 saturated heterocycles. The van der Waals surface area contributed by atoms with E-state index in [4.69, 9.17) is 0 Å². The Morgan fingerprint density at radius 1 is 0.316 bits per heavy atom. The van der Waals surface area contributed by atoms with Gasteiger partial charge >= 0.3 is 0 Å². The van der Waals surface area contributed by atoms with Crippen molar-refractivity contribution in [3.05, 3.63) is 187 Å². The Bertz CT molecular complexity index is 3520. The van der Waals surface area contributed by atoms with Crippen LogP contribution in [0.4, 0.5) is 0 Å². The molecule has 0 aliphatic rings. The topological polar surface area (TPSA) is 86.2 Å². The number of rotatable bonds is 4. The molecule has 0 spiro atoms. The first kappa shape index (κ1) is 32.1. The van der Waals surface area contributed by atoms with Gasteiger partial charge in [0.15, 0.2) is 0 Å². The minimum atomic E-state index is 0.489. The maximum absolute atomic E-state index is 10.7. The molecule has 8 aromatic carbocycles. The van der Waals surface area contributed by atoms with Gasteiger partial charge in [0.25, 0.3) is 0 Å². The van der Waals surface area contributed by atoms with Gasteiger partial charge in [0, 0.05) is 38.0 Å². The van der Waals surface area contributed by atoms with Gasteiger partial charge in [0.1, 0.15) is 12.1 Å². The summed E-state index contributed by atoms with van der Waals surface area (Å²) in [6, 6.07) is 64.6. The van der Waals surface area contributed by atoms with Crippen LogP contribution in [0.15, 0.2) is 170 Å². The molecule has 262 valence electrons. The van der Waals surface area contributed by atoms with Crippen LogP contribution in [0, 0.1) is 34.0 Å². The second-order valence-electron chi connectivity index (χ2n) is 14.3. The molecule has 0 saturated carbocycles. The van der Waals surface area contributed by atoms with Crippen molar-refractivity contribution in [2.75, 3.05) is 0 Å². The van der Waals surface area contributed by atoms with E-state index in [1.165, 1.54) is 0 Å². The minimum Gasteiger partial charge on any atom is -0.309 e. The van der Waals surface area contributed by atoms with E-state index in [-0.39, 0.29) is 0 Å². The first-order chi connectivity index (χ1) is 28.2. The molecule has 57 heavy (non-hydrogen) atoms. The van der Waals surface area contributed by atoms with E-state index in [0.29, 0.717) is 16.7 Å². The molecule has 0 fully saturated rings. The quantitative estimate of drug-likeness (QED) is 0.181. The fourth-order valence-corrected chi connectivity index (χ4v) is 8.92. The average molecular weight is 725 g/mol. The Morgan fingerprint density at radius 3 is 1.26 bits per heavy atom. The summed E-state index contributed by atoms with van der Waals surface area (Å²) in [5, 5.41) is 38.2. The number of para-hydroxylation sites is 5. The molecule has 6 nitrogen and oxygen atoms in total. The number of fused-ring (bicyclic) bond motifs is 9. The Balaban J connectivity index is 1.10. The van der Waals surface area contributed by atoms with Gasteiger partial charge in [-0.25, -0.2) is 0 Å². The van der Waals surface area contributed by atoms with Gasteiger partial charge < -0.3 is 13.7 Å². The maximum Gasteiger partial charge on any atom is 0.101 e. The minimum absolute atomic E-state index is 0.489. The summed E-state index contributed by atoms with van der Waals surface area (Å²) in [6.07, 6.45) is 0. The van der Waals surface area contributed by atoms with E-state index in [9.17, 15) is 15.8 Å². The lowest BCUT2D eigenvalue weighted by Gasteiger charge is -2.15. The zero-order chi connectivity index (χ0) is 38.2. The number of aromatic nitrogens is 3. The lowest BCUT2D eigenvalue weighted by atomic mass is 9.97. The summed E-state index contributed by atoms with van der Waals surface area (Å²) >= 11 is 0. The van der Waals surface area contributed by atoms with E-state index < -0.39 is 0 Å². The highest BCUT2D eigenvalue weighted by molar-refractivity contribution is 6.13. The second kappa shape index (κ2) is 12.3. The second-order valence-corrected chi connectivity index (χ2v) is 14.3. The van der Waals surface area contributed by atoms with Crippen molar-refractivity contribution < 1.29 is 0 Å². The summed E-state index contributed by atoms with van der Waals surface area (Å²) in [5.74, 6) is 0. The van der Waals surface area contributed by atoms with Crippen molar-refractivity contribution in [1.82, 2.24) is 13.7 Å². The monoisotopic (exact) mass is 724 g/mol. The number of nitrogens with zero attached hydrogens (tertiary/aromatic N) is 6. The Kier molecular flexibility index (Phi) is 6.95. The first-order valence-electron chi connectivity index (χ1n) is 18.7. The molecule has 0 radical (unpaired) electrons. The van der Waals surface area contributed by atoms with E-state index in [1.54, 1.807) is 0 Å². The molecule has 11 rings (SSSR count). The Labute approximate surface area is 326 Å². The molecule has 0 N–H and O–H groups in total. The van der Waals surface area contributed by atoms with Crippen LogP contribution in [-0.2, 0) is 0 Å². The summed E-state index contributed by atoms with van der Waals surface area (Å²) in [7, 11) is 0. The molecular weight excluding hydrogens is 697 g/mol. The van der Waals surface area contributed by atoms with Crippen LogP contribution in [0.3, 0.4) is 0 Å². The summed E-state index contributed by atoms with van der Waals surface area (Å²) in [6.45, 7) is 0. The predicted octanol–water partition coefficient (Wildman–Crippen LogP) is 12.3. The molecule has 11 aromatic rings. The molecule has 0 bridgehead atoms. The summed E-state index contributed by atoms with van der Waals surface area (Å²) < 4.78 is 6.51. The lowest BCUT2D eigenvalue weighted by Crippen LogP contribution is -2.00. The van der Waals surface area contributed by atoms with Gasteiger partial charge in [-0.2, -0.15) is 15.8 Å². The molecule has 6 heteroatoms. The Hall–Kier alpha value is -8.37. The van der Waals surface area contributed by atoms with Crippen LogP contribution in [0.5, 0.6) is 0 Å². The molecule has 0 unspecified atom stereocenters. The number of hydrogen-bond acceptors (Lipinski definition) is 3. The molecule has 0 atom stereocenters. The van der Waals surface area contributed by atoms with Crippen molar-refractivity contribution in [3.8, 4) is 46.4 Å². The standard InChI is InChI=1S/C51H28N6/c52-29-33-26-36(22-23-37(33)32-21-24-44(34(25-32)30-53)56-46-17-7-1-11-38(46)39-12-2-8-18-47(39)56)55-45-16-6-5-15-42(45)43-27-35(31-54)50(28-51(43)55)57-48-19-9-3-13-40(48)41-14-4-10-20-49(41)57/h1-28H. The van der Waals surface area contributed by atoms with Gasteiger partial charge in [-0.3, -0.25) is 0 Å². The van der Waals surface area contributed by atoms with Crippen molar-refractivity contribution in [1.29, 1.82) is 15.8 Å². The van der Waals surface area contributed by atoms with E-state index in [2.05, 4.69) is 98.6 Å². The fraction of sp³-hybridized carbons (Fsp3) is 0. The number of nitriles is 3. The highest BCUT2D eigenvalue weighted by Crippen LogP contribution is 2.40. The van der Waals surface area contributed by atoms with Crippen LogP contribution in [0.1, 0.15) is 16.7 Å².